The summed E-state index contributed by atoms with van der Waals surface area (Å²) in [5.74, 6) is -7.78. The molecule has 36 heavy (non-hydrogen) atoms. The van der Waals surface area contributed by atoms with Gasteiger partial charge < -0.3 is 31.1 Å². The van der Waals surface area contributed by atoms with E-state index in [4.69, 9.17) is 5.73 Å². The molecule has 11 nitrogen and oxygen atoms in total. The van der Waals surface area contributed by atoms with Crippen molar-refractivity contribution in [1.82, 2.24) is 4.90 Å². The van der Waals surface area contributed by atoms with Crippen LogP contribution in [0, 0.1) is 11.8 Å². The predicted octanol–water partition coefficient (Wildman–Crippen LogP) is 0.389. The lowest BCUT2D eigenvalue weighted by atomic mass is 9.58. The quantitative estimate of drug-likeness (QED) is 0.287. The Morgan fingerprint density at radius 1 is 1.11 bits per heavy atom. The van der Waals surface area contributed by atoms with Crippen molar-refractivity contribution in [3.63, 3.8) is 0 Å². The number of likely N-dealkylation sites (N-methyl/N-ethyl adjacent to an activating group) is 1. The molecule has 0 spiro atoms. The van der Waals surface area contributed by atoms with Crippen molar-refractivity contribution in [2.45, 2.75) is 31.4 Å². The van der Waals surface area contributed by atoms with Gasteiger partial charge in [0.25, 0.3) is 5.91 Å². The summed E-state index contributed by atoms with van der Waals surface area (Å²) >= 11 is 0. The number of phenolic OH excluding ortho intramolecular Hbond substituents is 1. The molecule has 11 heteroatoms. The summed E-state index contributed by atoms with van der Waals surface area (Å²) in [7, 11) is 6.58. The number of aliphatic hydroxyl groups is 3. The van der Waals surface area contributed by atoms with Crippen LogP contribution in [-0.4, -0.2) is 88.4 Å². The van der Waals surface area contributed by atoms with Crippen molar-refractivity contribution in [1.29, 1.82) is 0 Å². The molecular formula is C25H29N3O8. The van der Waals surface area contributed by atoms with Gasteiger partial charge in [0.1, 0.15) is 22.8 Å². The zero-order chi connectivity index (χ0) is 27.0. The third-order valence-electron chi connectivity index (χ3n) is 7.56. The average Bonchev–Trinajstić information content (AvgIpc) is 2.75. The fourth-order valence-electron chi connectivity index (χ4n) is 5.97. The number of fused-ring (bicyclic) bond motifs is 3. The molecule has 0 radical (unpaired) electrons. The number of anilines is 1. The first kappa shape index (κ1) is 25.4. The summed E-state index contributed by atoms with van der Waals surface area (Å²) < 4.78 is 0. The van der Waals surface area contributed by atoms with Crippen LogP contribution >= 0.6 is 0 Å². The van der Waals surface area contributed by atoms with Crippen LogP contribution in [0.1, 0.15) is 39.6 Å². The van der Waals surface area contributed by atoms with Gasteiger partial charge in [-0.25, -0.2) is 0 Å². The van der Waals surface area contributed by atoms with Crippen molar-refractivity contribution in [3.05, 3.63) is 45.4 Å². The molecule has 3 aliphatic rings. The lowest BCUT2D eigenvalue weighted by molar-refractivity contribution is -0.148. The molecule has 4 rings (SSSR count). The summed E-state index contributed by atoms with van der Waals surface area (Å²) in [6, 6.07) is 0.440. The maximum atomic E-state index is 13.8. The maximum absolute atomic E-state index is 13.8. The van der Waals surface area contributed by atoms with Crippen molar-refractivity contribution in [3.8, 4) is 5.75 Å². The highest BCUT2D eigenvalue weighted by molar-refractivity contribution is 6.25. The lowest BCUT2D eigenvalue weighted by Crippen LogP contribution is -2.63. The number of hydrogen-bond acceptors (Lipinski definition) is 10. The number of ketones is 3. The second kappa shape index (κ2) is 8.17. The first-order chi connectivity index (χ1) is 16.7. The Kier molecular flexibility index (Phi) is 5.76. The van der Waals surface area contributed by atoms with Gasteiger partial charge in [-0.1, -0.05) is 0 Å². The van der Waals surface area contributed by atoms with Crippen LogP contribution in [0.5, 0.6) is 5.75 Å². The van der Waals surface area contributed by atoms with Crippen molar-refractivity contribution >= 4 is 28.9 Å². The van der Waals surface area contributed by atoms with Gasteiger partial charge in [0.05, 0.1) is 17.2 Å². The number of phenols is 1. The van der Waals surface area contributed by atoms with Crippen LogP contribution in [-0.2, 0) is 16.0 Å². The van der Waals surface area contributed by atoms with Gasteiger partial charge in [0.2, 0.25) is 5.78 Å². The van der Waals surface area contributed by atoms with Crippen molar-refractivity contribution in [2.75, 3.05) is 33.1 Å². The zero-order valence-corrected chi connectivity index (χ0v) is 20.6. The number of allylic oxidation sites excluding steroid dienone is 1. The van der Waals surface area contributed by atoms with E-state index < -0.39 is 69.6 Å². The standard InChI is InChI=1S/C25H29N3O8/c1-9(29)11-8-14(27(2)3)12-6-10-7-13-18(28(4)5)21(32)17(24(26)35)23(34)25(13,36)22(33)15(10)20(31)16(12)19(11)30/h8,10,13,18,30,32-33,36H,6-7H2,1-5H3,(H2,26,35). The van der Waals surface area contributed by atoms with Gasteiger partial charge in [-0.3, -0.25) is 24.1 Å². The van der Waals surface area contributed by atoms with E-state index in [0.717, 1.165) is 0 Å². The number of amides is 1. The molecular weight excluding hydrogens is 470 g/mol. The molecule has 0 heterocycles. The molecule has 0 saturated heterocycles. The minimum atomic E-state index is -2.71. The molecule has 1 aromatic carbocycles. The van der Waals surface area contributed by atoms with Gasteiger partial charge in [0.15, 0.2) is 17.2 Å². The second-order valence-electron chi connectivity index (χ2n) is 10.1. The molecule has 4 atom stereocenters. The molecule has 0 saturated carbocycles. The molecule has 0 fully saturated rings. The van der Waals surface area contributed by atoms with Gasteiger partial charge in [-0.2, -0.15) is 0 Å². The van der Waals surface area contributed by atoms with Crippen LogP contribution in [0.2, 0.25) is 0 Å². The predicted molar refractivity (Wildman–Crippen MR) is 128 cm³/mol. The summed E-state index contributed by atoms with van der Waals surface area (Å²) in [6.07, 6.45) is 0.141. The minimum absolute atomic E-state index is 0.00610. The van der Waals surface area contributed by atoms with Crippen molar-refractivity contribution < 1.29 is 39.6 Å². The molecule has 192 valence electrons. The minimum Gasteiger partial charge on any atom is -0.510 e. The molecule has 4 unspecified atom stereocenters. The van der Waals surface area contributed by atoms with Gasteiger partial charge in [-0.15, -0.1) is 0 Å². The molecule has 6 N–H and O–H groups in total. The smallest absolute Gasteiger partial charge is 0.255 e. The highest BCUT2D eigenvalue weighted by Gasteiger charge is 2.63. The van der Waals surface area contributed by atoms with Crippen LogP contribution in [0.3, 0.4) is 0 Å². The molecule has 0 aliphatic heterocycles. The molecule has 1 aromatic rings. The third kappa shape index (κ3) is 3.19. The number of carbonyl (C=O) groups excluding carboxylic acids is 4. The van der Waals surface area contributed by atoms with E-state index in [1.54, 1.807) is 33.1 Å². The summed E-state index contributed by atoms with van der Waals surface area (Å²) in [6.45, 7) is 1.24. The van der Waals surface area contributed by atoms with Gasteiger partial charge in [0, 0.05) is 31.3 Å². The van der Waals surface area contributed by atoms with Gasteiger partial charge >= 0.3 is 0 Å². The van der Waals surface area contributed by atoms with Crippen LogP contribution in [0.15, 0.2) is 28.7 Å². The summed E-state index contributed by atoms with van der Waals surface area (Å²) in [5.41, 5.74) is 2.21. The average molecular weight is 500 g/mol. The zero-order valence-electron chi connectivity index (χ0n) is 20.6. The van der Waals surface area contributed by atoms with E-state index in [0.29, 0.717) is 11.3 Å². The normalized spacial score (nSPS) is 27.6. The molecule has 0 aromatic heterocycles. The number of aliphatic hydroxyl groups excluding tert-OH is 2. The van der Waals surface area contributed by atoms with E-state index in [1.807, 2.05) is 0 Å². The Hall–Kier alpha value is -3.70. The number of aromatic hydroxyl groups is 1. The fourth-order valence-corrected chi connectivity index (χ4v) is 5.97. The van der Waals surface area contributed by atoms with E-state index in [1.165, 1.54) is 17.9 Å². The Balaban J connectivity index is 2.01. The third-order valence-corrected chi connectivity index (χ3v) is 7.56. The fraction of sp³-hybridized carbons (Fsp3) is 0.440. The van der Waals surface area contributed by atoms with E-state index in [-0.39, 0.29) is 29.5 Å². The number of nitrogens with zero attached hydrogens (tertiary/aromatic N) is 2. The molecule has 1 amide bonds. The van der Waals surface area contributed by atoms with E-state index in [9.17, 15) is 39.6 Å². The van der Waals surface area contributed by atoms with E-state index in [2.05, 4.69) is 0 Å². The number of hydrogen-bond donors (Lipinski definition) is 5. The topological polar surface area (TPSA) is 182 Å². The number of benzene rings is 1. The first-order valence-electron chi connectivity index (χ1n) is 11.4. The molecule has 3 aliphatic carbocycles. The Morgan fingerprint density at radius 2 is 1.72 bits per heavy atom. The SMILES string of the molecule is CC(=O)c1cc(N(C)C)c2c(c1O)C(=O)C1=C(O)C3(O)C(=O)C(C(N)=O)=C(O)C(N(C)C)C3CC1C2. The largest absolute Gasteiger partial charge is 0.510 e. The number of carbonyl (C=O) groups is 4. The van der Waals surface area contributed by atoms with Gasteiger partial charge in [-0.05, 0) is 51.4 Å². The first-order valence-corrected chi connectivity index (χ1v) is 11.4. The highest BCUT2D eigenvalue weighted by Crippen LogP contribution is 2.53. The van der Waals surface area contributed by atoms with Crippen molar-refractivity contribution in [2.24, 2.45) is 17.6 Å². The maximum Gasteiger partial charge on any atom is 0.255 e. The number of primary amides is 1. The van der Waals surface area contributed by atoms with E-state index >= 15 is 0 Å². The number of nitrogens with two attached hydrogens (primary N) is 1. The van der Waals surface area contributed by atoms with Crippen LogP contribution < -0.4 is 10.6 Å². The lowest BCUT2D eigenvalue weighted by Gasteiger charge is -2.50. The second-order valence-corrected chi connectivity index (χ2v) is 10.1. The highest BCUT2D eigenvalue weighted by atomic mass is 16.3. The monoisotopic (exact) mass is 499 g/mol. The Labute approximate surface area is 207 Å². The summed E-state index contributed by atoms with van der Waals surface area (Å²) in [5, 5.41) is 44.6. The Bertz CT molecular complexity index is 1310. The Morgan fingerprint density at radius 3 is 2.22 bits per heavy atom. The summed E-state index contributed by atoms with van der Waals surface area (Å²) in [4.78, 5) is 54.5. The van der Waals surface area contributed by atoms with Crippen LogP contribution in [0.4, 0.5) is 5.69 Å². The number of Topliss-reactive ketones (excluding diaryl/α,β-unsaturated/α-hetero) is 3. The van der Waals surface area contributed by atoms with Crippen LogP contribution in [0.25, 0.3) is 0 Å². The number of rotatable bonds is 4. The molecule has 0 bridgehead atoms.